The van der Waals surface area contributed by atoms with Gasteiger partial charge in [0.05, 0.1) is 13.2 Å². The van der Waals surface area contributed by atoms with Crippen LogP contribution < -0.4 is 9.47 Å². The number of carbonyl (C=O) groups is 1. The molecule has 0 N–H and O–H groups in total. The summed E-state index contributed by atoms with van der Waals surface area (Å²) in [6, 6.07) is 7.24. The predicted octanol–water partition coefficient (Wildman–Crippen LogP) is 2.60. The molecule has 1 saturated heterocycles. The number of hydrogen-bond acceptors (Lipinski definition) is 6. The van der Waals surface area contributed by atoms with E-state index in [9.17, 15) is 4.79 Å². The highest BCUT2D eigenvalue weighted by atomic mass is 16.5. The first-order valence-corrected chi connectivity index (χ1v) is 10.2. The van der Waals surface area contributed by atoms with E-state index < -0.39 is 6.10 Å². The number of benzene rings is 1. The number of aromatic nitrogens is 2. The molecule has 2 aliphatic heterocycles. The van der Waals surface area contributed by atoms with Crippen molar-refractivity contribution in [2.24, 2.45) is 0 Å². The minimum Gasteiger partial charge on any atom is -0.497 e. The normalized spacial score (nSPS) is 20.2. The maximum Gasteiger partial charge on any atom is 0.263 e. The third-order valence-corrected chi connectivity index (χ3v) is 5.68. The van der Waals surface area contributed by atoms with Crippen LogP contribution in [0.15, 0.2) is 30.5 Å². The molecule has 0 unspecified atom stereocenters. The van der Waals surface area contributed by atoms with Crippen LogP contribution in [-0.4, -0.2) is 59.0 Å². The first kappa shape index (κ1) is 19.6. The van der Waals surface area contributed by atoms with E-state index in [1.54, 1.807) is 20.1 Å². The number of amides is 1. The molecule has 4 rings (SSSR count). The lowest BCUT2D eigenvalue weighted by molar-refractivity contribution is -0.139. The van der Waals surface area contributed by atoms with E-state index >= 15 is 0 Å². The standard InChI is InChI=1S/C22H28N4O3/c1-15(29-18-7-4-6-17(12-18)28-3)22(27)26-10-5-8-20(26)21-23-13-16-14-25(2)11-9-19(16)24-21/h4,6-7,12-13,15,20H,5,8-11,14H2,1-3H3/t15-,20-/m1/s1. The Labute approximate surface area is 171 Å². The number of rotatable bonds is 5. The molecule has 1 aromatic carbocycles. The lowest BCUT2D eigenvalue weighted by Crippen LogP contribution is -2.40. The van der Waals surface area contributed by atoms with Gasteiger partial charge in [0.25, 0.3) is 5.91 Å². The number of fused-ring (bicyclic) bond motifs is 1. The summed E-state index contributed by atoms with van der Waals surface area (Å²) in [6.07, 6.45) is 4.11. The highest BCUT2D eigenvalue weighted by Gasteiger charge is 2.35. The Hall–Kier alpha value is -2.67. The van der Waals surface area contributed by atoms with E-state index in [-0.39, 0.29) is 11.9 Å². The van der Waals surface area contributed by atoms with Crippen molar-refractivity contribution < 1.29 is 14.3 Å². The Morgan fingerprint density at radius 1 is 1.28 bits per heavy atom. The lowest BCUT2D eigenvalue weighted by atomic mass is 10.1. The molecular weight excluding hydrogens is 368 g/mol. The van der Waals surface area contributed by atoms with Gasteiger partial charge in [-0.15, -0.1) is 0 Å². The van der Waals surface area contributed by atoms with Crippen LogP contribution in [0.25, 0.3) is 0 Å². The molecule has 3 heterocycles. The van der Waals surface area contributed by atoms with Crippen LogP contribution in [0.2, 0.25) is 0 Å². The largest absolute Gasteiger partial charge is 0.497 e. The highest BCUT2D eigenvalue weighted by Crippen LogP contribution is 2.32. The van der Waals surface area contributed by atoms with Crippen LogP contribution in [0, 0.1) is 0 Å². The van der Waals surface area contributed by atoms with Crippen molar-refractivity contribution in [3.8, 4) is 11.5 Å². The third-order valence-electron chi connectivity index (χ3n) is 5.68. The maximum atomic E-state index is 13.1. The summed E-state index contributed by atoms with van der Waals surface area (Å²) >= 11 is 0. The first-order chi connectivity index (χ1) is 14.0. The van der Waals surface area contributed by atoms with Gasteiger partial charge in [-0.3, -0.25) is 4.79 Å². The summed E-state index contributed by atoms with van der Waals surface area (Å²) < 4.78 is 11.1. The Morgan fingerprint density at radius 2 is 2.10 bits per heavy atom. The number of likely N-dealkylation sites (N-methyl/N-ethyl adjacent to an activating group) is 1. The fourth-order valence-electron chi connectivity index (χ4n) is 4.09. The zero-order chi connectivity index (χ0) is 20.4. The molecule has 154 valence electrons. The van der Waals surface area contributed by atoms with Crippen LogP contribution in [0.3, 0.4) is 0 Å². The molecule has 0 saturated carbocycles. The number of ether oxygens (including phenoxy) is 2. The SMILES string of the molecule is COc1cccc(O[C@H](C)C(=O)N2CCC[C@@H]2c2ncc3c(n2)CCN(C)C3)c1. The van der Waals surface area contributed by atoms with Gasteiger partial charge in [0.2, 0.25) is 0 Å². The first-order valence-electron chi connectivity index (χ1n) is 10.2. The molecule has 2 atom stereocenters. The molecule has 0 radical (unpaired) electrons. The molecule has 7 heteroatoms. The third kappa shape index (κ3) is 4.19. The minimum atomic E-state index is -0.589. The summed E-state index contributed by atoms with van der Waals surface area (Å²) in [4.78, 5) is 26.7. The molecule has 1 aromatic heterocycles. The minimum absolute atomic E-state index is 0.0311. The van der Waals surface area contributed by atoms with E-state index in [2.05, 4.69) is 16.9 Å². The smallest absolute Gasteiger partial charge is 0.263 e. The topological polar surface area (TPSA) is 67.8 Å². The molecule has 7 nitrogen and oxygen atoms in total. The van der Waals surface area contributed by atoms with Crippen molar-refractivity contribution >= 4 is 5.91 Å². The van der Waals surface area contributed by atoms with E-state index in [0.717, 1.165) is 43.9 Å². The number of nitrogens with zero attached hydrogens (tertiary/aromatic N) is 4. The Bertz CT molecular complexity index is 888. The van der Waals surface area contributed by atoms with Crippen LogP contribution in [-0.2, 0) is 17.8 Å². The summed E-state index contributed by atoms with van der Waals surface area (Å²) in [5, 5.41) is 0. The maximum absolute atomic E-state index is 13.1. The number of likely N-dealkylation sites (tertiary alicyclic amines) is 1. The quantitative estimate of drug-likeness (QED) is 0.774. The lowest BCUT2D eigenvalue weighted by Gasteiger charge is -2.28. The van der Waals surface area contributed by atoms with Gasteiger partial charge in [-0.1, -0.05) is 6.07 Å². The van der Waals surface area contributed by atoms with Crippen molar-refractivity contribution in [1.29, 1.82) is 0 Å². The van der Waals surface area contributed by atoms with E-state index in [1.165, 1.54) is 5.56 Å². The van der Waals surface area contributed by atoms with Crippen molar-refractivity contribution in [1.82, 2.24) is 19.8 Å². The van der Waals surface area contributed by atoms with Crippen LogP contribution in [0.5, 0.6) is 11.5 Å². The van der Waals surface area contributed by atoms with Gasteiger partial charge in [0.1, 0.15) is 11.5 Å². The highest BCUT2D eigenvalue weighted by molar-refractivity contribution is 5.81. The van der Waals surface area contributed by atoms with E-state index in [1.807, 2.05) is 29.3 Å². The summed E-state index contributed by atoms with van der Waals surface area (Å²) in [5.41, 5.74) is 2.31. The number of hydrogen-bond donors (Lipinski definition) is 0. The fourth-order valence-corrected chi connectivity index (χ4v) is 4.09. The number of methoxy groups -OCH3 is 1. The fraction of sp³-hybridized carbons (Fsp3) is 0.500. The molecule has 0 spiro atoms. The van der Waals surface area contributed by atoms with Crippen LogP contribution in [0.1, 0.15) is 42.9 Å². The predicted molar refractivity (Wildman–Crippen MR) is 109 cm³/mol. The second kappa shape index (κ2) is 8.37. The Morgan fingerprint density at radius 3 is 2.93 bits per heavy atom. The zero-order valence-electron chi connectivity index (χ0n) is 17.3. The van der Waals surface area contributed by atoms with Gasteiger partial charge in [-0.2, -0.15) is 0 Å². The van der Waals surface area contributed by atoms with Gasteiger partial charge >= 0.3 is 0 Å². The van der Waals surface area contributed by atoms with Crippen molar-refractivity contribution in [3.63, 3.8) is 0 Å². The summed E-state index contributed by atoms with van der Waals surface area (Å²) in [5.74, 6) is 2.05. The molecule has 0 aliphatic carbocycles. The second-order valence-electron chi connectivity index (χ2n) is 7.82. The molecule has 1 fully saturated rings. The van der Waals surface area contributed by atoms with Crippen molar-refractivity contribution in [2.45, 2.75) is 44.9 Å². The van der Waals surface area contributed by atoms with Gasteiger partial charge in [-0.25, -0.2) is 9.97 Å². The Balaban J connectivity index is 1.48. The van der Waals surface area contributed by atoms with E-state index in [0.29, 0.717) is 18.0 Å². The monoisotopic (exact) mass is 396 g/mol. The molecule has 1 amide bonds. The molecular formula is C22H28N4O3. The summed E-state index contributed by atoms with van der Waals surface area (Å²) in [7, 11) is 3.72. The van der Waals surface area contributed by atoms with Gasteiger partial charge in [0, 0.05) is 49.6 Å². The Kier molecular flexibility index (Phi) is 5.67. The molecule has 29 heavy (non-hydrogen) atoms. The van der Waals surface area contributed by atoms with E-state index in [4.69, 9.17) is 14.5 Å². The molecule has 2 aliphatic rings. The average Bonchev–Trinajstić information content (AvgIpc) is 3.22. The van der Waals surface area contributed by atoms with Gasteiger partial charge in [0.15, 0.2) is 11.9 Å². The van der Waals surface area contributed by atoms with Crippen LogP contribution >= 0.6 is 0 Å². The second-order valence-corrected chi connectivity index (χ2v) is 7.82. The van der Waals surface area contributed by atoms with Crippen molar-refractivity contribution in [2.75, 3.05) is 27.2 Å². The number of carbonyl (C=O) groups excluding carboxylic acids is 1. The van der Waals surface area contributed by atoms with Gasteiger partial charge < -0.3 is 19.3 Å². The molecule has 0 bridgehead atoms. The zero-order valence-corrected chi connectivity index (χ0v) is 17.3. The van der Waals surface area contributed by atoms with Gasteiger partial charge in [-0.05, 0) is 38.9 Å². The average molecular weight is 396 g/mol. The van der Waals surface area contributed by atoms with Crippen LogP contribution in [0.4, 0.5) is 0 Å². The summed E-state index contributed by atoms with van der Waals surface area (Å²) in [6.45, 7) is 4.38. The molecule has 2 aromatic rings. The van der Waals surface area contributed by atoms with Crippen molar-refractivity contribution in [3.05, 3.63) is 47.5 Å².